The highest BCUT2D eigenvalue weighted by atomic mass is 16.4. The molecule has 4 heterocycles. The Morgan fingerprint density at radius 1 is 0.600 bits per heavy atom. The van der Waals surface area contributed by atoms with Gasteiger partial charge in [0, 0.05) is 32.6 Å². The van der Waals surface area contributed by atoms with Gasteiger partial charge >= 0.3 is 5.97 Å². The number of rotatable bonds is 20. The molecule has 0 bridgehead atoms. The van der Waals surface area contributed by atoms with Crippen molar-refractivity contribution in [3.8, 4) is 5.75 Å². The van der Waals surface area contributed by atoms with Gasteiger partial charge in [-0.15, -0.1) is 0 Å². The molecule has 0 spiro atoms. The van der Waals surface area contributed by atoms with E-state index in [4.69, 9.17) is 10.8 Å². The van der Waals surface area contributed by atoms with Crippen LogP contribution in [-0.2, 0) is 54.4 Å². The number of likely N-dealkylation sites (tertiary alicyclic amines) is 4. The van der Waals surface area contributed by atoms with Crippen molar-refractivity contribution in [1.29, 1.82) is 0 Å². The topological polar surface area (TPSA) is 351 Å². The lowest BCUT2D eigenvalue weighted by atomic mass is 10.0. The van der Waals surface area contributed by atoms with E-state index in [-0.39, 0.29) is 51.2 Å². The molecule has 24 heteroatoms. The maximum Gasteiger partial charge on any atom is 0.322 e. The largest absolute Gasteiger partial charge is 0.508 e. The van der Waals surface area contributed by atoms with E-state index in [1.807, 2.05) is 0 Å². The Labute approximate surface area is 405 Å². The molecule has 11 N–H and O–H groups in total. The Morgan fingerprint density at radius 2 is 1.06 bits per heavy atom. The van der Waals surface area contributed by atoms with Crippen molar-refractivity contribution in [1.82, 2.24) is 46.2 Å². The van der Waals surface area contributed by atoms with E-state index in [9.17, 15) is 63.3 Å². The summed E-state index contributed by atoms with van der Waals surface area (Å²) in [4.78, 5) is 140. The molecule has 0 radical (unpaired) electrons. The first-order valence-corrected chi connectivity index (χ1v) is 23.9. The second kappa shape index (κ2) is 24.4. The number of nitrogens with one attached hydrogen (secondary N) is 5. The first kappa shape index (κ1) is 54.5. The number of aliphatic carboxylic acids is 1. The van der Waals surface area contributed by atoms with Gasteiger partial charge in [-0.3, -0.25) is 47.9 Å². The minimum Gasteiger partial charge on any atom is -0.508 e. The number of phenols is 1. The second-order valence-corrected chi connectivity index (χ2v) is 18.7. The SMILES string of the molecule is CC(C)[C@H](NC(=O)[C@@H](NC(=O)[C@H](Cc1ccc(O)cc1)NC(=O)[C@@H]1CCCN1C(=O)[C@@H]1CCCN1C(=O)[C@@H]1CCCN1C(=O)[C@@H]1CCCN1C(=O)[C@@H](NC(=O)CN)[C@@H](C)O)[C@@H](C)O)C(=O)NCC(=O)O. The van der Waals surface area contributed by atoms with Crippen molar-refractivity contribution in [2.24, 2.45) is 11.7 Å². The van der Waals surface area contributed by atoms with Crippen LogP contribution >= 0.6 is 0 Å². The van der Waals surface area contributed by atoms with Crippen LogP contribution in [0.15, 0.2) is 24.3 Å². The number of hydrogen-bond donors (Lipinski definition) is 10. The number of carboxylic acids is 1. The predicted molar refractivity (Wildman–Crippen MR) is 246 cm³/mol. The molecule has 0 aromatic heterocycles. The lowest BCUT2D eigenvalue weighted by molar-refractivity contribution is -0.153. The van der Waals surface area contributed by atoms with Gasteiger partial charge in [-0.25, -0.2) is 0 Å². The summed E-state index contributed by atoms with van der Waals surface area (Å²) in [5.41, 5.74) is 5.90. The number of nitrogens with zero attached hydrogens (tertiary/aromatic N) is 4. The molecule has 4 fully saturated rings. The lowest BCUT2D eigenvalue weighted by Crippen LogP contribution is -2.62. The van der Waals surface area contributed by atoms with E-state index < -0.39 is 139 Å². The highest BCUT2D eigenvalue weighted by molar-refractivity contribution is 5.99. The van der Waals surface area contributed by atoms with Crippen LogP contribution in [0.3, 0.4) is 0 Å². The van der Waals surface area contributed by atoms with Gasteiger partial charge < -0.3 is 72.3 Å². The summed E-state index contributed by atoms with van der Waals surface area (Å²) < 4.78 is 0. The molecule has 4 saturated heterocycles. The van der Waals surface area contributed by atoms with Gasteiger partial charge in [-0.1, -0.05) is 26.0 Å². The third-order valence-corrected chi connectivity index (χ3v) is 13.3. The molecule has 0 unspecified atom stereocenters. The Balaban J connectivity index is 1.29. The van der Waals surface area contributed by atoms with Gasteiger partial charge in [0.05, 0.1) is 18.8 Å². The van der Waals surface area contributed by atoms with Gasteiger partial charge in [0.25, 0.3) is 0 Å². The number of carbonyl (C=O) groups is 10. The Kier molecular flexibility index (Phi) is 19.0. The molecule has 1 aromatic rings. The molecule has 4 aliphatic rings. The zero-order chi connectivity index (χ0) is 51.6. The zero-order valence-electron chi connectivity index (χ0n) is 40.0. The van der Waals surface area contributed by atoms with Crippen LogP contribution in [0.4, 0.5) is 0 Å². The smallest absolute Gasteiger partial charge is 0.322 e. The van der Waals surface area contributed by atoms with Crippen LogP contribution in [0.2, 0.25) is 0 Å². The molecule has 9 amide bonds. The van der Waals surface area contributed by atoms with Gasteiger partial charge in [0.15, 0.2) is 0 Å². The summed E-state index contributed by atoms with van der Waals surface area (Å²) in [6.07, 6.45) is -0.0480. The number of nitrogens with two attached hydrogens (primary N) is 1. The summed E-state index contributed by atoms with van der Waals surface area (Å²) in [5, 5.41) is 52.2. The fourth-order valence-electron chi connectivity index (χ4n) is 9.59. The summed E-state index contributed by atoms with van der Waals surface area (Å²) in [5.74, 6) is -8.03. The van der Waals surface area contributed by atoms with Crippen molar-refractivity contribution in [2.45, 2.75) is 146 Å². The van der Waals surface area contributed by atoms with Crippen LogP contribution in [0.25, 0.3) is 0 Å². The standard InChI is InChI=1S/C46H68N10O14/c1-24(2)36(41(65)48-23-35(61)62)51-42(66)37(25(3)57)52-39(63)29(21-27-13-15-28(59)16-14-27)49-40(64)30-9-5-17-53(30)43(67)31-10-6-18-54(31)44(68)32-11-7-19-55(32)45(69)33-12-8-20-56(33)46(70)38(26(4)58)50-34(60)22-47/h13-16,24-26,29-33,36-38,57-59H,5-12,17-23,47H2,1-4H3,(H,48,65)(H,49,64)(H,50,60)(H,51,66)(H,52,63)(H,61,62)/t25-,26-,29+,30+,31+,32+,33+,36+,37+,38+/m1/s1. The van der Waals surface area contributed by atoms with Crippen molar-refractivity contribution in [3.63, 3.8) is 0 Å². The van der Waals surface area contributed by atoms with E-state index >= 15 is 0 Å². The van der Waals surface area contributed by atoms with E-state index in [0.717, 1.165) is 0 Å². The number of aliphatic hydroxyl groups is 2. The molecule has 24 nitrogen and oxygen atoms in total. The van der Waals surface area contributed by atoms with Gasteiger partial charge in [0.1, 0.15) is 60.6 Å². The number of amides is 9. The van der Waals surface area contributed by atoms with Crippen LogP contribution in [0.1, 0.15) is 84.6 Å². The first-order chi connectivity index (χ1) is 33.1. The van der Waals surface area contributed by atoms with Crippen LogP contribution < -0.4 is 32.3 Å². The number of phenolic OH excluding ortho intramolecular Hbond substituents is 1. The number of hydrogen-bond acceptors (Lipinski definition) is 14. The number of benzene rings is 1. The van der Waals surface area contributed by atoms with Gasteiger partial charge in [0.2, 0.25) is 53.2 Å². The average Bonchev–Trinajstić information content (AvgIpc) is 4.17. The summed E-state index contributed by atoms with van der Waals surface area (Å²) in [6.45, 7) is 5.42. The number of aliphatic hydroxyl groups excluding tert-OH is 2. The molecule has 0 saturated carbocycles. The van der Waals surface area contributed by atoms with Crippen LogP contribution in [-0.4, -0.2) is 199 Å². The van der Waals surface area contributed by atoms with Crippen molar-refractivity contribution in [3.05, 3.63) is 29.8 Å². The third-order valence-electron chi connectivity index (χ3n) is 13.3. The summed E-state index contributed by atoms with van der Waals surface area (Å²) >= 11 is 0. The molecular formula is C46H68N10O14. The molecule has 10 atom stereocenters. The summed E-state index contributed by atoms with van der Waals surface area (Å²) in [6, 6.07) is -3.80. The fraction of sp³-hybridized carbons (Fsp3) is 0.652. The Bertz CT molecular complexity index is 2120. The highest BCUT2D eigenvalue weighted by Gasteiger charge is 2.49. The van der Waals surface area contributed by atoms with Gasteiger partial charge in [-0.05, 0) is 88.8 Å². The number of carboxylic acid groups (broad SMARTS) is 1. The number of aromatic hydroxyl groups is 1. The van der Waals surface area contributed by atoms with E-state index in [1.165, 1.54) is 57.7 Å². The van der Waals surface area contributed by atoms with Crippen molar-refractivity contribution < 1.29 is 68.4 Å². The molecule has 0 aliphatic carbocycles. The fourth-order valence-corrected chi connectivity index (χ4v) is 9.59. The van der Waals surface area contributed by atoms with E-state index in [2.05, 4.69) is 26.6 Å². The minimum atomic E-state index is -1.65. The lowest BCUT2D eigenvalue weighted by Gasteiger charge is -2.36. The van der Waals surface area contributed by atoms with Crippen LogP contribution in [0.5, 0.6) is 5.75 Å². The maximum atomic E-state index is 14.5. The first-order valence-electron chi connectivity index (χ1n) is 23.9. The maximum absolute atomic E-state index is 14.5. The molecular weight excluding hydrogens is 917 g/mol. The molecule has 4 aliphatic heterocycles. The highest BCUT2D eigenvalue weighted by Crippen LogP contribution is 2.31. The molecule has 386 valence electrons. The summed E-state index contributed by atoms with van der Waals surface area (Å²) in [7, 11) is 0. The third kappa shape index (κ3) is 13.3. The molecule has 5 rings (SSSR count). The second-order valence-electron chi connectivity index (χ2n) is 18.7. The van der Waals surface area contributed by atoms with E-state index in [0.29, 0.717) is 44.1 Å². The van der Waals surface area contributed by atoms with Gasteiger partial charge in [-0.2, -0.15) is 0 Å². The normalized spacial score (nSPS) is 22.6. The van der Waals surface area contributed by atoms with E-state index in [1.54, 1.807) is 13.8 Å². The number of carbonyl (C=O) groups excluding carboxylic acids is 9. The quantitative estimate of drug-likeness (QED) is 0.0604. The van der Waals surface area contributed by atoms with Crippen molar-refractivity contribution in [2.75, 3.05) is 39.3 Å². The minimum absolute atomic E-state index is 0.0655. The predicted octanol–water partition coefficient (Wildman–Crippen LogP) is -3.59. The Hall–Kier alpha value is -6.40. The Morgan fingerprint density at radius 3 is 1.53 bits per heavy atom. The van der Waals surface area contributed by atoms with Crippen LogP contribution in [0, 0.1) is 5.92 Å². The zero-order valence-corrected chi connectivity index (χ0v) is 40.0. The monoisotopic (exact) mass is 984 g/mol. The van der Waals surface area contributed by atoms with Crippen molar-refractivity contribution >= 4 is 59.1 Å². The molecule has 70 heavy (non-hydrogen) atoms. The average molecular weight is 985 g/mol. The molecule has 1 aromatic carbocycles.